The van der Waals surface area contributed by atoms with Crippen molar-refractivity contribution >= 4 is 28.9 Å². The average Bonchev–Trinajstić information content (AvgIpc) is 2.89. The van der Waals surface area contributed by atoms with Crippen molar-refractivity contribution in [1.82, 2.24) is 20.3 Å². The number of hydrogen-bond donors (Lipinski definition) is 3. The van der Waals surface area contributed by atoms with Gasteiger partial charge >= 0.3 is 0 Å². The molecule has 10 heteroatoms. The van der Waals surface area contributed by atoms with E-state index in [1.165, 1.54) is 12.4 Å². The third kappa shape index (κ3) is 5.22. The molecule has 1 amide bonds. The molecule has 1 fully saturated rings. The molecule has 0 unspecified atom stereocenters. The van der Waals surface area contributed by atoms with E-state index < -0.39 is 0 Å². The summed E-state index contributed by atoms with van der Waals surface area (Å²) in [5, 5.41) is 18.3. The van der Waals surface area contributed by atoms with Crippen LogP contribution in [0, 0.1) is 11.3 Å². The maximum atomic E-state index is 13.3. The molecular formula is C24H26N8O2. The van der Waals surface area contributed by atoms with Gasteiger partial charge in [0.05, 0.1) is 36.4 Å². The summed E-state index contributed by atoms with van der Waals surface area (Å²) in [6, 6.07) is 11.3. The zero-order valence-electron chi connectivity index (χ0n) is 19.1. The minimum Gasteiger partial charge on any atom is -0.495 e. The van der Waals surface area contributed by atoms with Crippen LogP contribution in [-0.2, 0) is 0 Å². The van der Waals surface area contributed by atoms with E-state index in [4.69, 9.17) is 10.00 Å². The van der Waals surface area contributed by atoms with Crippen molar-refractivity contribution in [2.75, 3.05) is 42.8 Å². The number of ether oxygens (including phenoxy) is 1. The van der Waals surface area contributed by atoms with Gasteiger partial charge in [0, 0.05) is 25.4 Å². The fraction of sp³-hybridized carbons (Fsp3) is 0.292. The second kappa shape index (κ2) is 10.6. The highest BCUT2D eigenvalue weighted by Crippen LogP contribution is 2.30. The second-order valence-corrected chi connectivity index (χ2v) is 7.86. The first-order chi connectivity index (χ1) is 16.6. The van der Waals surface area contributed by atoms with E-state index in [1.54, 1.807) is 25.4 Å². The van der Waals surface area contributed by atoms with Crippen LogP contribution >= 0.6 is 0 Å². The first kappa shape index (κ1) is 22.9. The van der Waals surface area contributed by atoms with Crippen LogP contribution in [-0.4, -0.2) is 54.1 Å². The average molecular weight is 459 g/mol. The summed E-state index contributed by atoms with van der Waals surface area (Å²) < 4.78 is 5.37. The lowest BCUT2D eigenvalue weighted by Gasteiger charge is -2.34. The zero-order chi connectivity index (χ0) is 23.9. The summed E-state index contributed by atoms with van der Waals surface area (Å²) in [5.41, 5.74) is 2.01. The Kier molecular flexibility index (Phi) is 7.15. The Bertz CT molecular complexity index is 1190. The highest BCUT2D eigenvalue weighted by atomic mass is 16.5. The molecule has 174 valence electrons. The molecule has 0 bridgehead atoms. The molecule has 34 heavy (non-hydrogen) atoms. The van der Waals surface area contributed by atoms with Crippen molar-refractivity contribution in [3.8, 4) is 11.8 Å². The number of amides is 1. The molecule has 2 aromatic heterocycles. The van der Waals surface area contributed by atoms with Crippen LogP contribution in [0.15, 0.2) is 48.9 Å². The molecule has 3 N–H and O–H groups in total. The monoisotopic (exact) mass is 458 g/mol. The smallest absolute Gasteiger partial charge is 0.259 e. The predicted octanol–water partition coefficient (Wildman–Crippen LogP) is 2.94. The van der Waals surface area contributed by atoms with Gasteiger partial charge in [-0.3, -0.25) is 4.79 Å². The van der Waals surface area contributed by atoms with E-state index in [9.17, 15) is 4.79 Å². The minimum atomic E-state index is -0.280. The molecule has 0 spiro atoms. The lowest BCUT2D eigenvalue weighted by Crippen LogP contribution is -2.41. The van der Waals surface area contributed by atoms with E-state index in [1.807, 2.05) is 31.3 Å². The predicted molar refractivity (Wildman–Crippen MR) is 130 cm³/mol. The summed E-state index contributed by atoms with van der Waals surface area (Å²) in [6.07, 6.45) is 6.35. The number of anilines is 4. The van der Waals surface area contributed by atoms with Crippen molar-refractivity contribution in [3.05, 3.63) is 60.2 Å². The summed E-state index contributed by atoms with van der Waals surface area (Å²) in [5.74, 6) is 1.27. The number of aromatic nitrogens is 3. The maximum absolute atomic E-state index is 13.3. The Morgan fingerprint density at radius 2 is 1.91 bits per heavy atom. The van der Waals surface area contributed by atoms with Crippen LogP contribution in [0.25, 0.3) is 0 Å². The van der Waals surface area contributed by atoms with Crippen LogP contribution in [0.4, 0.5) is 23.0 Å². The number of pyridine rings is 1. The van der Waals surface area contributed by atoms with Crippen molar-refractivity contribution in [1.29, 1.82) is 5.26 Å². The highest BCUT2D eigenvalue weighted by Gasteiger charge is 2.24. The lowest BCUT2D eigenvalue weighted by atomic mass is 10.0. The fourth-order valence-corrected chi connectivity index (χ4v) is 3.89. The molecule has 0 saturated carbocycles. The number of methoxy groups -OCH3 is 1. The largest absolute Gasteiger partial charge is 0.495 e. The molecule has 0 aliphatic carbocycles. The van der Waals surface area contributed by atoms with E-state index in [2.05, 4.69) is 35.8 Å². The molecule has 1 aliphatic heterocycles. The Morgan fingerprint density at radius 1 is 1.15 bits per heavy atom. The van der Waals surface area contributed by atoms with Gasteiger partial charge in [-0.2, -0.15) is 5.26 Å². The number of piperidine rings is 1. The standard InChI is InChI=1S/C24H26N8O2/c1-32(17-7-9-26-10-8-17)20-11-22(31-23-15-27-16(12-25)13-28-23)29-14-18(20)24(33)30-19-5-3-4-6-21(19)34-2/h3-6,11,13-15,17,26H,7-10H2,1-2H3,(H,30,33)(H,28,29,31). The van der Waals surface area contributed by atoms with Gasteiger partial charge in [0.2, 0.25) is 0 Å². The van der Waals surface area contributed by atoms with Crippen LogP contribution in [0.1, 0.15) is 28.9 Å². The van der Waals surface area contributed by atoms with Gasteiger partial charge in [0.15, 0.2) is 5.69 Å². The zero-order valence-corrected chi connectivity index (χ0v) is 19.1. The topological polar surface area (TPSA) is 128 Å². The third-order valence-electron chi connectivity index (χ3n) is 5.74. The quantitative estimate of drug-likeness (QED) is 0.489. The number of para-hydroxylation sites is 2. The Balaban J connectivity index is 1.65. The number of benzene rings is 1. The number of nitriles is 1. The number of rotatable bonds is 7. The molecule has 1 aromatic carbocycles. The summed E-state index contributed by atoms with van der Waals surface area (Å²) in [7, 11) is 3.56. The van der Waals surface area contributed by atoms with Gasteiger partial charge in [-0.05, 0) is 38.1 Å². The first-order valence-corrected chi connectivity index (χ1v) is 11.0. The van der Waals surface area contributed by atoms with Crippen LogP contribution in [0.5, 0.6) is 5.75 Å². The molecule has 1 aliphatic rings. The van der Waals surface area contributed by atoms with E-state index in [0.717, 1.165) is 31.6 Å². The molecule has 4 rings (SSSR count). The summed E-state index contributed by atoms with van der Waals surface area (Å²) in [6.45, 7) is 1.85. The number of carbonyl (C=O) groups is 1. The highest BCUT2D eigenvalue weighted by molar-refractivity contribution is 6.08. The summed E-state index contributed by atoms with van der Waals surface area (Å²) in [4.78, 5) is 28.1. The van der Waals surface area contributed by atoms with Crippen molar-refractivity contribution in [2.24, 2.45) is 0 Å². The molecule has 10 nitrogen and oxygen atoms in total. The molecule has 0 radical (unpaired) electrons. The van der Waals surface area contributed by atoms with Crippen molar-refractivity contribution < 1.29 is 9.53 Å². The Labute approximate surface area is 198 Å². The fourth-order valence-electron chi connectivity index (χ4n) is 3.89. The third-order valence-corrected chi connectivity index (χ3v) is 5.74. The molecule has 3 aromatic rings. The van der Waals surface area contributed by atoms with Crippen molar-refractivity contribution in [3.63, 3.8) is 0 Å². The van der Waals surface area contributed by atoms with Gasteiger partial charge in [0.25, 0.3) is 5.91 Å². The normalized spacial score (nSPS) is 13.6. The van der Waals surface area contributed by atoms with E-state index in [0.29, 0.717) is 28.6 Å². The number of carbonyl (C=O) groups excluding carboxylic acids is 1. The first-order valence-electron chi connectivity index (χ1n) is 11.0. The molecular weight excluding hydrogens is 432 g/mol. The SMILES string of the molecule is COc1ccccc1NC(=O)c1cnc(Nc2cnc(C#N)cn2)cc1N(C)C1CCNCC1. The van der Waals surface area contributed by atoms with E-state index in [-0.39, 0.29) is 17.6 Å². The van der Waals surface area contributed by atoms with Gasteiger partial charge in [-0.1, -0.05) is 12.1 Å². The van der Waals surface area contributed by atoms with Crippen LogP contribution < -0.4 is 25.6 Å². The van der Waals surface area contributed by atoms with Crippen LogP contribution in [0.3, 0.4) is 0 Å². The Hall–Kier alpha value is -4.23. The van der Waals surface area contributed by atoms with Crippen molar-refractivity contribution in [2.45, 2.75) is 18.9 Å². The number of hydrogen-bond acceptors (Lipinski definition) is 9. The number of nitrogens with one attached hydrogen (secondary N) is 3. The van der Waals surface area contributed by atoms with E-state index >= 15 is 0 Å². The maximum Gasteiger partial charge on any atom is 0.259 e. The van der Waals surface area contributed by atoms with Gasteiger partial charge in [-0.25, -0.2) is 15.0 Å². The Morgan fingerprint density at radius 3 is 2.62 bits per heavy atom. The van der Waals surface area contributed by atoms with Gasteiger partial charge in [-0.15, -0.1) is 0 Å². The van der Waals surface area contributed by atoms with Crippen LogP contribution in [0.2, 0.25) is 0 Å². The minimum absolute atomic E-state index is 0.230. The molecule has 0 atom stereocenters. The van der Waals surface area contributed by atoms with Gasteiger partial charge in [0.1, 0.15) is 23.5 Å². The molecule has 1 saturated heterocycles. The lowest BCUT2D eigenvalue weighted by molar-refractivity contribution is 0.102. The second-order valence-electron chi connectivity index (χ2n) is 7.86. The van der Waals surface area contributed by atoms with Gasteiger partial charge < -0.3 is 25.6 Å². The summed E-state index contributed by atoms with van der Waals surface area (Å²) >= 11 is 0. The number of nitrogens with zero attached hydrogens (tertiary/aromatic N) is 5. The molecule has 3 heterocycles.